The first-order valence-corrected chi connectivity index (χ1v) is 6.63. The Balaban J connectivity index is 2.20. The molecule has 0 aliphatic rings. The molecule has 1 aromatic carbocycles. The van der Waals surface area contributed by atoms with Gasteiger partial charge in [0.1, 0.15) is 11.7 Å². The predicted octanol–water partition coefficient (Wildman–Crippen LogP) is 2.74. The van der Waals surface area contributed by atoms with Crippen LogP contribution in [0.15, 0.2) is 48.7 Å². The van der Waals surface area contributed by atoms with Crippen LogP contribution in [0.5, 0.6) is 0 Å². The number of hydrogen-bond donors (Lipinski definition) is 2. The zero-order valence-corrected chi connectivity index (χ0v) is 12.0. The van der Waals surface area contributed by atoms with Crippen molar-refractivity contribution in [2.45, 2.75) is 5.92 Å². The Morgan fingerprint density at radius 3 is 2.50 bits per heavy atom. The largest absolute Gasteiger partial charge is 0.392 e. The van der Waals surface area contributed by atoms with Crippen LogP contribution < -0.4 is 11.1 Å². The van der Waals surface area contributed by atoms with Crippen LogP contribution in [0.25, 0.3) is 0 Å². The van der Waals surface area contributed by atoms with Crippen molar-refractivity contribution in [1.82, 2.24) is 4.98 Å². The van der Waals surface area contributed by atoms with Gasteiger partial charge in [0.05, 0.1) is 10.0 Å². The SMILES string of the molecule is NC(=S)C(C(=O)Nc1ccc(Cl)cn1)c1ccccc1. The molecule has 0 radical (unpaired) electrons. The van der Waals surface area contributed by atoms with E-state index in [4.69, 9.17) is 29.6 Å². The lowest BCUT2D eigenvalue weighted by molar-refractivity contribution is -0.116. The second kappa shape index (κ2) is 6.45. The third kappa shape index (κ3) is 3.53. The number of amides is 1. The molecule has 20 heavy (non-hydrogen) atoms. The number of nitrogens with one attached hydrogen (secondary N) is 1. The van der Waals surface area contributed by atoms with E-state index in [1.807, 2.05) is 18.2 Å². The van der Waals surface area contributed by atoms with E-state index in [-0.39, 0.29) is 10.9 Å². The Bertz CT molecular complexity index is 616. The van der Waals surface area contributed by atoms with Gasteiger partial charge in [-0.2, -0.15) is 0 Å². The maximum Gasteiger partial charge on any atom is 0.239 e. The topological polar surface area (TPSA) is 68.0 Å². The number of nitrogens with zero attached hydrogens (tertiary/aromatic N) is 1. The first kappa shape index (κ1) is 14.4. The summed E-state index contributed by atoms with van der Waals surface area (Å²) in [5, 5.41) is 3.17. The van der Waals surface area contributed by atoms with Crippen molar-refractivity contribution in [3.63, 3.8) is 0 Å². The molecule has 0 aliphatic carbocycles. The van der Waals surface area contributed by atoms with Crippen LogP contribution in [-0.2, 0) is 4.79 Å². The molecule has 0 aliphatic heterocycles. The van der Waals surface area contributed by atoms with E-state index in [0.717, 1.165) is 5.56 Å². The maximum absolute atomic E-state index is 12.3. The molecule has 1 unspecified atom stereocenters. The minimum atomic E-state index is -0.691. The number of carbonyl (C=O) groups excluding carboxylic acids is 1. The summed E-state index contributed by atoms with van der Waals surface area (Å²) in [6.07, 6.45) is 1.45. The van der Waals surface area contributed by atoms with E-state index in [9.17, 15) is 4.79 Å². The first-order chi connectivity index (χ1) is 9.58. The number of aromatic nitrogens is 1. The van der Waals surface area contributed by atoms with E-state index < -0.39 is 5.92 Å². The molecule has 0 saturated heterocycles. The average molecular weight is 306 g/mol. The van der Waals surface area contributed by atoms with E-state index in [0.29, 0.717) is 10.8 Å². The molecule has 2 rings (SSSR count). The molecule has 2 aromatic rings. The molecule has 0 bridgehead atoms. The Labute approximate surface area is 127 Å². The summed E-state index contributed by atoms with van der Waals surface area (Å²) >= 11 is 10.7. The van der Waals surface area contributed by atoms with Gasteiger partial charge in [-0.1, -0.05) is 54.2 Å². The van der Waals surface area contributed by atoms with Crippen molar-refractivity contribution >= 4 is 40.5 Å². The van der Waals surface area contributed by atoms with Gasteiger partial charge in [-0.25, -0.2) is 4.98 Å². The van der Waals surface area contributed by atoms with Crippen molar-refractivity contribution in [1.29, 1.82) is 0 Å². The van der Waals surface area contributed by atoms with Gasteiger partial charge in [-0.3, -0.25) is 4.79 Å². The summed E-state index contributed by atoms with van der Waals surface area (Å²) < 4.78 is 0. The quantitative estimate of drug-likeness (QED) is 0.852. The molecule has 0 spiro atoms. The highest BCUT2D eigenvalue weighted by atomic mass is 35.5. The average Bonchev–Trinajstić information content (AvgIpc) is 2.42. The number of rotatable bonds is 4. The number of benzene rings is 1. The van der Waals surface area contributed by atoms with Gasteiger partial charge in [0.15, 0.2) is 0 Å². The van der Waals surface area contributed by atoms with Crippen molar-refractivity contribution in [3.05, 3.63) is 59.2 Å². The van der Waals surface area contributed by atoms with Crippen LogP contribution in [-0.4, -0.2) is 15.9 Å². The molecular formula is C14H12ClN3OS. The van der Waals surface area contributed by atoms with Crippen LogP contribution in [0, 0.1) is 0 Å². The molecule has 0 saturated carbocycles. The molecule has 1 heterocycles. The fraction of sp³-hybridized carbons (Fsp3) is 0.0714. The highest BCUT2D eigenvalue weighted by Crippen LogP contribution is 2.18. The summed E-state index contributed by atoms with van der Waals surface area (Å²) in [6.45, 7) is 0. The van der Waals surface area contributed by atoms with Crippen LogP contribution in [0.1, 0.15) is 11.5 Å². The smallest absolute Gasteiger partial charge is 0.239 e. The lowest BCUT2D eigenvalue weighted by Gasteiger charge is -2.15. The van der Waals surface area contributed by atoms with Gasteiger partial charge in [0, 0.05) is 6.20 Å². The number of carbonyl (C=O) groups is 1. The van der Waals surface area contributed by atoms with Crippen LogP contribution >= 0.6 is 23.8 Å². The van der Waals surface area contributed by atoms with E-state index in [1.54, 1.807) is 24.3 Å². The first-order valence-electron chi connectivity index (χ1n) is 5.84. The van der Waals surface area contributed by atoms with Gasteiger partial charge >= 0.3 is 0 Å². The number of hydrogen-bond acceptors (Lipinski definition) is 3. The third-order valence-electron chi connectivity index (χ3n) is 2.66. The Morgan fingerprint density at radius 2 is 1.95 bits per heavy atom. The van der Waals surface area contributed by atoms with Crippen molar-refractivity contribution in [2.75, 3.05) is 5.32 Å². The summed E-state index contributed by atoms with van der Waals surface area (Å²) in [7, 11) is 0. The van der Waals surface area contributed by atoms with E-state index >= 15 is 0 Å². The second-order valence-electron chi connectivity index (χ2n) is 4.10. The normalized spacial score (nSPS) is 11.7. The molecule has 4 nitrogen and oxygen atoms in total. The van der Waals surface area contributed by atoms with Crippen LogP contribution in [0.3, 0.4) is 0 Å². The van der Waals surface area contributed by atoms with E-state index in [1.165, 1.54) is 6.20 Å². The van der Waals surface area contributed by atoms with Gasteiger partial charge in [-0.15, -0.1) is 0 Å². The summed E-state index contributed by atoms with van der Waals surface area (Å²) in [5.41, 5.74) is 6.42. The molecule has 102 valence electrons. The van der Waals surface area contributed by atoms with Gasteiger partial charge in [-0.05, 0) is 17.7 Å². The fourth-order valence-corrected chi connectivity index (χ4v) is 2.09. The highest BCUT2D eigenvalue weighted by Gasteiger charge is 2.23. The number of halogens is 1. The Kier molecular flexibility index (Phi) is 4.65. The van der Waals surface area contributed by atoms with Crippen molar-refractivity contribution in [2.24, 2.45) is 5.73 Å². The lowest BCUT2D eigenvalue weighted by Crippen LogP contribution is -2.31. The zero-order chi connectivity index (χ0) is 14.5. The molecule has 1 atom stereocenters. The lowest BCUT2D eigenvalue weighted by atomic mass is 9.98. The minimum Gasteiger partial charge on any atom is -0.392 e. The van der Waals surface area contributed by atoms with Gasteiger partial charge < -0.3 is 11.1 Å². The standard InChI is InChI=1S/C14H12ClN3OS/c15-10-6-7-11(17-8-10)18-14(19)12(13(16)20)9-4-2-1-3-5-9/h1-8,12H,(H2,16,20)(H,17,18,19). The number of thiocarbonyl (C=S) groups is 1. The van der Waals surface area contributed by atoms with Crippen molar-refractivity contribution < 1.29 is 4.79 Å². The summed E-state index contributed by atoms with van der Waals surface area (Å²) in [5.74, 6) is -0.612. The minimum absolute atomic E-state index is 0.114. The molecule has 3 N–H and O–H groups in total. The number of pyridine rings is 1. The third-order valence-corrected chi connectivity index (χ3v) is 3.12. The van der Waals surface area contributed by atoms with E-state index in [2.05, 4.69) is 10.3 Å². The van der Waals surface area contributed by atoms with Gasteiger partial charge in [0.25, 0.3) is 0 Å². The van der Waals surface area contributed by atoms with Gasteiger partial charge in [0.2, 0.25) is 5.91 Å². The Hall–Kier alpha value is -1.98. The Morgan fingerprint density at radius 1 is 1.25 bits per heavy atom. The summed E-state index contributed by atoms with van der Waals surface area (Å²) in [6, 6.07) is 12.4. The molecule has 0 fully saturated rings. The molecular weight excluding hydrogens is 294 g/mol. The van der Waals surface area contributed by atoms with Crippen LogP contribution in [0.4, 0.5) is 5.82 Å². The predicted molar refractivity (Wildman–Crippen MR) is 83.8 cm³/mol. The van der Waals surface area contributed by atoms with Crippen molar-refractivity contribution in [3.8, 4) is 0 Å². The monoisotopic (exact) mass is 305 g/mol. The highest BCUT2D eigenvalue weighted by molar-refractivity contribution is 7.80. The summed E-state index contributed by atoms with van der Waals surface area (Å²) in [4.78, 5) is 16.4. The number of nitrogens with two attached hydrogens (primary N) is 1. The molecule has 6 heteroatoms. The second-order valence-corrected chi connectivity index (χ2v) is 5.00. The maximum atomic E-state index is 12.3. The number of anilines is 1. The fourth-order valence-electron chi connectivity index (χ4n) is 1.74. The van der Waals surface area contributed by atoms with Crippen LogP contribution in [0.2, 0.25) is 5.02 Å². The zero-order valence-electron chi connectivity index (χ0n) is 10.4. The molecule has 1 aromatic heterocycles. The molecule has 1 amide bonds.